The molecule has 0 aliphatic carbocycles. The highest BCUT2D eigenvalue weighted by molar-refractivity contribution is 5.79. The van der Waals surface area contributed by atoms with Crippen LogP contribution in [0, 0.1) is 0 Å². The van der Waals surface area contributed by atoms with E-state index >= 15 is 0 Å². The van der Waals surface area contributed by atoms with Crippen LogP contribution in [0.15, 0.2) is 24.4 Å². The molecule has 2 heterocycles. The number of amides is 1. The summed E-state index contributed by atoms with van der Waals surface area (Å²) in [6.07, 6.45) is 2.58. The van der Waals surface area contributed by atoms with Crippen LogP contribution in [0.2, 0.25) is 0 Å². The van der Waals surface area contributed by atoms with E-state index in [4.69, 9.17) is 5.73 Å². The number of nitrogens with zero attached hydrogens (tertiary/aromatic N) is 3. The summed E-state index contributed by atoms with van der Waals surface area (Å²) in [5.74, 6) is 0.785. The van der Waals surface area contributed by atoms with Gasteiger partial charge < -0.3 is 10.6 Å². The van der Waals surface area contributed by atoms with Crippen molar-refractivity contribution in [3.8, 4) is 0 Å². The minimum absolute atomic E-state index is 0.129. The van der Waals surface area contributed by atoms with Crippen LogP contribution in [-0.2, 0) is 4.79 Å². The molecule has 1 aliphatic heterocycles. The van der Waals surface area contributed by atoms with E-state index in [0.29, 0.717) is 0 Å². The number of rotatable bonds is 4. The quantitative estimate of drug-likeness (QED) is 0.841. The van der Waals surface area contributed by atoms with Crippen LogP contribution in [0.3, 0.4) is 0 Å². The van der Waals surface area contributed by atoms with Gasteiger partial charge in [0.1, 0.15) is 5.82 Å². The summed E-state index contributed by atoms with van der Waals surface area (Å²) in [6.45, 7) is 5.50. The smallest absolute Gasteiger partial charge is 0.234 e. The van der Waals surface area contributed by atoms with E-state index in [2.05, 4.69) is 14.8 Å². The third kappa shape index (κ3) is 2.79. The minimum Gasteiger partial charge on any atom is -0.368 e. The molecule has 0 aromatic carbocycles. The highest BCUT2D eigenvalue weighted by atomic mass is 16.1. The van der Waals surface area contributed by atoms with Crippen molar-refractivity contribution in [3.63, 3.8) is 0 Å². The number of pyridine rings is 1. The van der Waals surface area contributed by atoms with E-state index in [1.54, 1.807) is 6.20 Å². The number of hydrogen-bond donors (Lipinski definition) is 1. The monoisotopic (exact) mass is 248 g/mol. The van der Waals surface area contributed by atoms with Gasteiger partial charge in [0.15, 0.2) is 0 Å². The van der Waals surface area contributed by atoms with Crippen molar-refractivity contribution in [2.75, 3.05) is 31.1 Å². The number of carbonyl (C=O) groups is 1. The fraction of sp³-hybridized carbons (Fsp3) is 0.538. The zero-order valence-corrected chi connectivity index (χ0v) is 10.7. The summed E-state index contributed by atoms with van der Waals surface area (Å²) in [5, 5.41) is 0. The number of hydrogen-bond acceptors (Lipinski definition) is 4. The van der Waals surface area contributed by atoms with E-state index in [-0.39, 0.29) is 11.9 Å². The molecule has 1 aromatic rings. The van der Waals surface area contributed by atoms with Gasteiger partial charge in [0, 0.05) is 32.4 Å². The standard InChI is InChI=1S/C13H20N4O/c1-2-11(13(14)18)16-7-9-17(10-8-16)12-5-3-4-6-15-12/h3-6,11H,2,7-10H2,1H3,(H2,14,18). The van der Waals surface area contributed by atoms with Crippen LogP contribution >= 0.6 is 0 Å². The summed E-state index contributed by atoms with van der Waals surface area (Å²) in [5.41, 5.74) is 5.42. The van der Waals surface area contributed by atoms with Crippen molar-refractivity contribution in [2.45, 2.75) is 19.4 Å². The first kappa shape index (κ1) is 12.8. The maximum atomic E-state index is 11.3. The molecule has 2 rings (SSSR count). The number of carbonyl (C=O) groups excluding carboxylic acids is 1. The Morgan fingerprint density at radius 2 is 2.11 bits per heavy atom. The Labute approximate surface area is 108 Å². The van der Waals surface area contributed by atoms with Gasteiger partial charge in [-0.05, 0) is 18.6 Å². The van der Waals surface area contributed by atoms with Gasteiger partial charge in [0.25, 0.3) is 0 Å². The van der Waals surface area contributed by atoms with Crippen LogP contribution < -0.4 is 10.6 Å². The second-order valence-electron chi connectivity index (χ2n) is 4.54. The van der Waals surface area contributed by atoms with E-state index in [1.165, 1.54) is 0 Å². The first-order valence-electron chi connectivity index (χ1n) is 6.41. The molecule has 2 N–H and O–H groups in total. The van der Waals surface area contributed by atoms with Gasteiger partial charge in [-0.3, -0.25) is 9.69 Å². The van der Waals surface area contributed by atoms with Crippen LogP contribution in [0.4, 0.5) is 5.82 Å². The Bertz CT molecular complexity index is 387. The lowest BCUT2D eigenvalue weighted by molar-refractivity contribution is -0.123. The molecule has 0 radical (unpaired) electrons. The van der Waals surface area contributed by atoms with Crippen LogP contribution in [0.5, 0.6) is 0 Å². The molecule has 1 atom stereocenters. The van der Waals surface area contributed by atoms with Crippen molar-refractivity contribution in [1.82, 2.24) is 9.88 Å². The largest absolute Gasteiger partial charge is 0.368 e. The maximum Gasteiger partial charge on any atom is 0.234 e. The van der Waals surface area contributed by atoms with Crippen molar-refractivity contribution in [1.29, 1.82) is 0 Å². The van der Waals surface area contributed by atoms with Gasteiger partial charge >= 0.3 is 0 Å². The van der Waals surface area contributed by atoms with Gasteiger partial charge in [-0.25, -0.2) is 4.98 Å². The van der Waals surface area contributed by atoms with Gasteiger partial charge in [-0.1, -0.05) is 13.0 Å². The normalized spacial score (nSPS) is 18.6. The molecule has 1 aromatic heterocycles. The first-order chi connectivity index (χ1) is 8.72. The first-order valence-corrected chi connectivity index (χ1v) is 6.41. The molecule has 1 saturated heterocycles. The molecule has 1 amide bonds. The second kappa shape index (κ2) is 5.82. The lowest BCUT2D eigenvalue weighted by Gasteiger charge is -2.38. The SMILES string of the molecule is CCC(C(N)=O)N1CCN(c2ccccn2)CC1. The molecule has 98 valence electrons. The summed E-state index contributed by atoms with van der Waals surface area (Å²) < 4.78 is 0. The number of piperazine rings is 1. The number of nitrogens with two attached hydrogens (primary N) is 1. The number of primary amides is 1. The topological polar surface area (TPSA) is 62.5 Å². The Morgan fingerprint density at radius 3 is 2.61 bits per heavy atom. The molecular formula is C13H20N4O. The molecule has 5 nitrogen and oxygen atoms in total. The Hall–Kier alpha value is -1.62. The molecule has 0 spiro atoms. The van der Waals surface area contributed by atoms with Crippen LogP contribution in [0.25, 0.3) is 0 Å². The van der Waals surface area contributed by atoms with Gasteiger partial charge in [0.2, 0.25) is 5.91 Å². The molecule has 5 heteroatoms. The Balaban J connectivity index is 1.94. The fourth-order valence-electron chi connectivity index (χ4n) is 2.44. The van der Waals surface area contributed by atoms with Gasteiger partial charge in [-0.2, -0.15) is 0 Å². The molecule has 1 aliphatic rings. The van der Waals surface area contributed by atoms with Gasteiger partial charge in [0.05, 0.1) is 6.04 Å². The average Bonchev–Trinajstić information content (AvgIpc) is 2.41. The van der Waals surface area contributed by atoms with E-state index in [9.17, 15) is 4.79 Å². The highest BCUT2D eigenvalue weighted by Gasteiger charge is 2.26. The molecule has 1 unspecified atom stereocenters. The molecule has 1 fully saturated rings. The highest BCUT2D eigenvalue weighted by Crippen LogP contribution is 2.14. The predicted octanol–water partition coefficient (Wildman–Crippen LogP) is 0.468. The predicted molar refractivity (Wildman–Crippen MR) is 71.3 cm³/mol. The summed E-state index contributed by atoms with van der Waals surface area (Å²) in [6, 6.07) is 5.80. The van der Waals surface area contributed by atoms with Crippen LogP contribution in [0.1, 0.15) is 13.3 Å². The third-order valence-electron chi connectivity index (χ3n) is 3.44. The van der Waals surface area contributed by atoms with Crippen molar-refractivity contribution >= 4 is 11.7 Å². The van der Waals surface area contributed by atoms with Crippen molar-refractivity contribution in [3.05, 3.63) is 24.4 Å². The number of anilines is 1. The fourth-order valence-corrected chi connectivity index (χ4v) is 2.44. The molecule has 0 bridgehead atoms. The summed E-state index contributed by atoms with van der Waals surface area (Å²) in [7, 11) is 0. The molecule has 18 heavy (non-hydrogen) atoms. The van der Waals surface area contributed by atoms with E-state index in [1.807, 2.05) is 25.1 Å². The van der Waals surface area contributed by atoms with Crippen LogP contribution in [-0.4, -0.2) is 48.0 Å². The Morgan fingerprint density at radius 1 is 1.39 bits per heavy atom. The summed E-state index contributed by atoms with van der Waals surface area (Å²) >= 11 is 0. The second-order valence-corrected chi connectivity index (χ2v) is 4.54. The minimum atomic E-state index is -0.219. The third-order valence-corrected chi connectivity index (χ3v) is 3.44. The van der Waals surface area contributed by atoms with Gasteiger partial charge in [-0.15, -0.1) is 0 Å². The number of aromatic nitrogens is 1. The lowest BCUT2D eigenvalue weighted by atomic mass is 10.1. The van der Waals surface area contributed by atoms with E-state index in [0.717, 1.165) is 38.4 Å². The zero-order chi connectivity index (χ0) is 13.0. The van der Waals surface area contributed by atoms with Crippen molar-refractivity contribution < 1.29 is 4.79 Å². The van der Waals surface area contributed by atoms with Crippen molar-refractivity contribution in [2.24, 2.45) is 5.73 Å². The molecule has 0 saturated carbocycles. The van der Waals surface area contributed by atoms with E-state index < -0.39 is 0 Å². The summed E-state index contributed by atoms with van der Waals surface area (Å²) in [4.78, 5) is 20.1. The lowest BCUT2D eigenvalue weighted by Crippen LogP contribution is -2.54. The molecular weight excluding hydrogens is 228 g/mol. The zero-order valence-electron chi connectivity index (χ0n) is 10.7. The maximum absolute atomic E-state index is 11.3. The Kier molecular flexibility index (Phi) is 4.15. The average molecular weight is 248 g/mol.